The fraction of sp³-hybridized carbons (Fsp3) is 0.417. The second-order valence-electron chi connectivity index (χ2n) is 4.25. The summed E-state index contributed by atoms with van der Waals surface area (Å²) in [7, 11) is 0. The summed E-state index contributed by atoms with van der Waals surface area (Å²) < 4.78 is 0. The third-order valence-electron chi connectivity index (χ3n) is 2.47. The lowest BCUT2D eigenvalue weighted by atomic mass is 9.96. The number of hydrogen-bond donors (Lipinski definition) is 2. The topological polar surface area (TPSA) is 55.1 Å². The minimum absolute atomic E-state index is 0. The molecule has 6 heteroatoms. The molecule has 3 nitrogen and oxygen atoms in total. The van der Waals surface area contributed by atoms with Crippen molar-refractivity contribution in [1.29, 1.82) is 0 Å². The van der Waals surface area contributed by atoms with Crippen molar-refractivity contribution >= 4 is 47.2 Å². The Kier molecular flexibility index (Phi) is 7.00. The highest BCUT2D eigenvalue weighted by Crippen LogP contribution is 2.25. The van der Waals surface area contributed by atoms with Crippen LogP contribution in [-0.2, 0) is 4.79 Å². The molecule has 0 aromatic heterocycles. The van der Waals surface area contributed by atoms with Crippen molar-refractivity contribution in [3.8, 4) is 0 Å². The Morgan fingerprint density at radius 2 is 2.00 bits per heavy atom. The zero-order valence-corrected chi connectivity index (χ0v) is 12.6. The quantitative estimate of drug-likeness (QED) is 0.887. The molecule has 3 N–H and O–H groups in total. The molecule has 1 aromatic carbocycles. The minimum atomic E-state index is -0.874. The predicted molar refractivity (Wildman–Crippen MR) is 79.8 cm³/mol. The van der Waals surface area contributed by atoms with Crippen LogP contribution < -0.4 is 11.1 Å². The summed E-state index contributed by atoms with van der Waals surface area (Å²) >= 11 is 11.6. The lowest BCUT2D eigenvalue weighted by molar-refractivity contribution is -0.120. The molecule has 0 fully saturated rings. The maximum absolute atomic E-state index is 11.9. The van der Waals surface area contributed by atoms with E-state index in [1.165, 1.54) is 0 Å². The lowest BCUT2D eigenvalue weighted by Gasteiger charge is -2.22. The number of nitrogens with two attached hydrogens (primary N) is 1. The highest BCUT2D eigenvalue weighted by Gasteiger charge is 2.27. The summed E-state index contributed by atoms with van der Waals surface area (Å²) in [5, 5.41) is 3.58. The lowest BCUT2D eigenvalue weighted by Crippen LogP contribution is -2.48. The second-order valence-corrected chi connectivity index (χ2v) is 5.06. The van der Waals surface area contributed by atoms with E-state index in [1.807, 2.05) is 6.92 Å². The van der Waals surface area contributed by atoms with Crippen LogP contribution in [0, 0.1) is 0 Å². The van der Waals surface area contributed by atoms with Gasteiger partial charge in [0, 0.05) is 5.69 Å². The van der Waals surface area contributed by atoms with Crippen LogP contribution in [0.5, 0.6) is 0 Å². The molecule has 0 heterocycles. The van der Waals surface area contributed by atoms with E-state index in [1.54, 1.807) is 25.1 Å². The number of amides is 1. The van der Waals surface area contributed by atoms with Crippen molar-refractivity contribution in [2.45, 2.75) is 32.2 Å². The molecular weight excluding hydrogens is 295 g/mol. The molecule has 0 aliphatic rings. The number of rotatable bonds is 4. The van der Waals surface area contributed by atoms with Gasteiger partial charge >= 0.3 is 0 Å². The maximum atomic E-state index is 11.9. The highest BCUT2D eigenvalue weighted by atomic mass is 35.5. The Hall–Kier alpha value is -0.480. The summed E-state index contributed by atoms with van der Waals surface area (Å²) in [6.07, 6.45) is 1.47. The average Bonchev–Trinajstić information content (AvgIpc) is 2.23. The molecule has 0 aliphatic carbocycles. The number of benzene rings is 1. The first-order valence-electron chi connectivity index (χ1n) is 5.42. The van der Waals surface area contributed by atoms with Gasteiger partial charge in [-0.25, -0.2) is 0 Å². The van der Waals surface area contributed by atoms with E-state index in [2.05, 4.69) is 5.32 Å². The van der Waals surface area contributed by atoms with Gasteiger partial charge in [-0.1, -0.05) is 36.5 Å². The van der Waals surface area contributed by atoms with Gasteiger partial charge in [0.05, 0.1) is 15.6 Å². The van der Waals surface area contributed by atoms with E-state index < -0.39 is 5.54 Å². The molecule has 1 aromatic rings. The Balaban J connectivity index is 0.00000289. The first kappa shape index (κ1) is 17.5. The zero-order valence-electron chi connectivity index (χ0n) is 10.3. The van der Waals surface area contributed by atoms with E-state index in [-0.39, 0.29) is 18.3 Å². The van der Waals surface area contributed by atoms with Crippen molar-refractivity contribution in [2.75, 3.05) is 5.32 Å². The Morgan fingerprint density at radius 1 is 1.39 bits per heavy atom. The third-order valence-corrected chi connectivity index (χ3v) is 3.20. The minimum Gasteiger partial charge on any atom is -0.324 e. The number of carbonyl (C=O) groups excluding carboxylic acids is 1. The van der Waals surface area contributed by atoms with Crippen molar-refractivity contribution in [1.82, 2.24) is 0 Å². The van der Waals surface area contributed by atoms with Crippen molar-refractivity contribution in [3.05, 3.63) is 28.2 Å². The monoisotopic (exact) mass is 310 g/mol. The summed E-state index contributed by atoms with van der Waals surface area (Å²) in [5.41, 5.74) is 5.64. The first-order valence-corrected chi connectivity index (χ1v) is 6.18. The van der Waals surface area contributed by atoms with Crippen molar-refractivity contribution in [3.63, 3.8) is 0 Å². The van der Waals surface area contributed by atoms with Gasteiger partial charge < -0.3 is 11.1 Å². The molecule has 1 unspecified atom stereocenters. The van der Waals surface area contributed by atoms with E-state index in [9.17, 15) is 4.79 Å². The van der Waals surface area contributed by atoms with E-state index in [0.29, 0.717) is 22.2 Å². The number of halogens is 3. The molecule has 0 saturated heterocycles. The molecule has 0 aliphatic heterocycles. The van der Waals surface area contributed by atoms with Gasteiger partial charge in [0.2, 0.25) is 5.91 Å². The fourth-order valence-electron chi connectivity index (χ4n) is 1.48. The number of hydrogen-bond acceptors (Lipinski definition) is 2. The van der Waals surface area contributed by atoms with Crippen molar-refractivity contribution in [2.24, 2.45) is 5.73 Å². The number of carbonyl (C=O) groups is 1. The predicted octanol–water partition coefficient (Wildman–Crippen LogP) is 3.87. The number of nitrogens with one attached hydrogen (secondary N) is 1. The average molecular weight is 312 g/mol. The Labute approximate surface area is 123 Å². The molecule has 0 bridgehead atoms. The van der Waals surface area contributed by atoms with Crippen LogP contribution in [0.1, 0.15) is 26.7 Å². The summed E-state index contributed by atoms with van der Waals surface area (Å²) in [6, 6.07) is 4.92. The maximum Gasteiger partial charge on any atom is 0.244 e. The molecular formula is C12H17Cl3N2O. The summed E-state index contributed by atoms with van der Waals surface area (Å²) in [5.74, 6) is -0.224. The summed E-state index contributed by atoms with van der Waals surface area (Å²) in [4.78, 5) is 11.9. The zero-order chi connectivity index (χ0) is 13.1. The largest absolute Gasteiger partial charge is 0.324 e. The molecule has 0 radical (unpaired) electrons. The molecule has 1 amide bonds. The third kappa shape index (κ3) is 4.65. The van der Waals surface area contributed by atoms with E-state index in [4.69, 9.17) is 28.9 Å². The van der Waals surface area contributed by atoms with Crippen LogP contribution in [0.3, 0.4) is 0 Å². The van der Waals surface area contributed by atoms with E-state index >= 15 is 0 Å². The first-order chi connectivity index (χ1) is 7.86. The molecule has 0 saturated carbocycles. The second kappa shape index (κ2) is 7.19. The van der Waals surface area contributed by atoms with Crippen LogP contribution in [-0.4, -0.2) is 11.4 Å². The van der Waals surface area contributed by atoms with Crippen molar-refractivity contribution < 1.29 is 4.79 Å². The van der Waals surface area contributed by atoms with Gasteiger partial charge in [0.1, 0.15) is 0 Å². The standard InChI is InChI=1S/C12H16Cl2N2O.ClH/c1-3-6-12(2,15)11(17)16-8-4-5-9(13)10(14)7-8;/h4-5,7H,3,6,15H2,1-2H3,(H,16,17);1H. The SMILES string of the molecule is CCCC(C)(N)C(=O)Nc1ccc(Cl)c(Cl)c1.Cl. The van der Waals surface area contributed by atoms with Gasteiger partial charge in [-0.3, -0.25) is 4.79 Å². The van der Waals surface area contributed by atoms with Gasteiger partial charge in [-0.2, -0.15) is 0 Å². The van der Waals surface area contributed by atoms with Crippen LogP contribution in [0.25, 0.3) is 0 Å². The van der Waals surface area contributed by atoms with Crippen LogP contribution in [0.15, 0.2) is 18.2 Å². The fourth-order valence-corrected chi connectivity index (χ4v) is 1.78. The van der Waals surface area contributed by atoms with Gasteiger partial charge in [-0.15, -0.1) is 12.4 Å². The Morgan fingerprint density at radius 3 is 2.50 bits per heavy atom. The number of anilines is 1. The van der Waals surface area contributed by atoms with Crippen LogP contribution in [0.2, 0.25) is 10.0 Å². The molecule has 1 atom stereocenters. The molecule has 1 rings (SSSR count). The van der Waals surface area contributed by atoms with Gasteiger partial charge in [0.15, 0.2) is 0 Å². The Bertz CT molecular complexity index is 422. The smallest absolute Gasteiger partial charge is 0.244 e. The molecule has 0 spiro atoms. The molecule has 18 heavy (non-hydrogen) atoms. The normalized spacial score (nSPS) is 13.4. The van der Waals surface area contributed by atoms with Gasteiger partial charge in [0.25, 0.3) is 0 Å². The van der Waals surface area contributed by atoms with Gasteiger partial charge in [-0.05, 0) is 31.5 Å². The molecule has 102 valence electrons. The van der Waals surface area contributed by atoms with Crippen LogP contribution >= 0.6 is 35.6 Å². The van der Waals surface area contributed by atoms with Crippen LogP contribution in [0.4, 0.5) is 5.69 Å². The van der Waals surface area contributed by atoms with E-state index in [0.717, 1.165) is 6.42 Å². The summed E-state index contributed by atoms with van der Waals surface area (Å²) in [6.45, 7) is 3.70. The highest BCUT2D eigenvalue weighted by molar-refractivity contribution is 6.42.